The molecule has 82 valence electrons. The van der Waals surface area contributed by atoms with Crippen molar-refractivity contribution in [1.29, 1.82) is 0 Å². The Bertz CT molecular complexity index is 500. The average Bonchev–Trinajstić information content (AvgIpc) is 2.05. The van der Waals surface area contributed by atoms with E-state index in [1.807, 2.05) is 22.6 Å². The normalized spacial score (nSPS) is 11.1. The zero-order valence-corrected chi connectivity index (χ0v) is 10.6. The number of nitro groups is 1. The molecule has 0 amide bonds. The van der Waals surface area contributed by atoms with Crippen LogP contribution in [0.2, 0.25) is 0 Å². The van der Waals surface area contributed by atoms with Crippen LogP contribution in [0, 0.1) is 13.7 Å². The third-order valence-corrected chi connectivity index (χ3v) is 2.96. The summed E-state index contributed by atoms with van der Waals surface area (Å²) in [6.07, 6.45) is 0.983. The van der Waals surface area contributed by atoms with E-state index in [2.05, 4.69) is 4.72 Å². The lowest BCUT2D eigenvalue weighted by Crippen LogP contribution is -2.09. The molecule has 0 saturated heterocycles. The predicted octanol–water partition coefficient (Wildman–Crippen LogP) is 1.57. The van der Waals surface area contributed by atoms with Crippen LogP contribution >= 0.6 is 22.6 Å². The molecule has 0 aliphatic heterocycles. The summed E-state index contributed by atoms with van der Waals surface area (Å²) < 4.78 is 24.4. The molecule has 1 aromatic carbocycles. The largest absolute Gasteiger partial charge is 0.284 e. The van der Waals surface area contributed by atoms with Crippen molar-refractivity contribution in [1.82, 2.24) is 0 Å². The van der Waals surface area contributed by atoms with E-state index < -0.39 is 14.9 Å². The molecular weight excluding hydrogens is 335 g/mol. The van der Waals surface area contributed by atoms with Gasteiger partial charge in [-0.1, -0.05) is 0 Å². The summed E-state index contributed by atoms with van der Waals surface area (Å²) >= 11 is 1.81. The van der Waals surface area contributed by atoms with E-state index in [-0.39, 0.29) is 11.4 Å². The minimum atomic E-state index is -3.41. The summed E-state index contributed by atoms with van der Waals surface area (Å²) in [5.41, 5.74) is 0.0638. The molecule has 0 aromatic heterocycles. The van der Waals surface area contributed by atoms with Crippen molar-refractivity contribution in [2.45, 2.75) is 0 Å². The summed E-state index contributed by atoms with van der Waals surface area (Å²) in [5, 5.41) is 10.6. The van der Waals surface area contributed by atoms with Gasteiger partial charge >= 0.3 is 0 Å². The SMILES string of the molecule is CS(=O)(=O)Nc1ccc(I)c([N+](=O)[O-])c1. The van der Waals surface area contributed by atoms with Gasteiger partial charge in [-0.15, -0.1) is 0 Å². The summed E-state index contributed by atoms with van der Waals surface area (Å²) in [5.74, 6) is 0. The first-order chi connectivity index (χ1) is 6.79. The van der Waals surface area contributed by atoms with Crippen LogP contribution in [0.4, 0.5) is 11.4 Å². The van der Waals surface area contributed by atoms with Crippen LogP contribution < -0.4 is 4.72 Å². The standard InChI is InChI=1S/C7H7IN2O4S/c1-15(13,14)9-5-2-3-6(8)7(4-5)10(11)12/h2-4,9H,1H3. The molecule has 0 fully saturated rings. The second kappa shape index (κ2) is 4.31. The Labute approximate surface area is 100 Å². The van der Waals surface area contributed by atoms with E-state index in [4.69, 9.17) is 0 Å². The molecule has 0 unspecified atom stereocenters. The van der Waals surface area contributed by atoms with Gasteiger partial charge in [0.2, 0.25) is 10.0 Å². The van der Waals surface area contributed by atoms with Gasteiger partial charge in [-0.25, -0.2) is 8.42 Å². The van der Waals surface area contributed by atoms with E-state index in [1.165, 1.54) is 18.2 Å². The minimum Gasteiger partial charge on any atom is -0.284 e. The van der Waals surface area contributed by atoms with Crippen molar-refractivity contribution >= 4 is 44.0 Å². The van der Waals surface area contributed by atoms with Gasteiger partial charge in [-0.05, 0) is 34.7 Å². The zero-order chi connectivity index (χ0) is 11.6. The van der Waals surface area contributed by atoms with Gasteiger partial charge in [-0.3, -0.25) is 14.8 Å². The number of sulfonamides is 1. The Morgan fingerprint density at radius 3 is 2.53 bits per heavy atom. The van der Waals surface area contributed by atoms with Gasteiger partial charge in [-0.2, -0.15) is 0 Å². The number of nitrogens with one attached hydrogen (secondary N) is 1. The number of nitro benzene ring substituents is 1. The van der Waals surface area contributed by atoms with Gasteiger partial charge in [0.25, 0.3) is 5.69 Å². The Morgan fingerprint density at radius 1 is 1.47 bits per heavy atom. The van der Waals surface area contributed by atoms with Crippen molar-refractivity contribution < 1.29 is 13.3 Å². The van der Waals surface area contributed by atoms with Crippen molar-refractivity contribution in [3.05, 3.63) is 31.9 Å². The molecule has 0 bridgehead atoms. The first-order valence-corrected chi connectivity index (χ1v) is 6.68. The fraction of sp³-hybridized carbons (Fsp3) is 0.143. The lowest BCUT2D eigenvalue weighted by atomic mass is 10.3. The highest BCUT2D eigenvalue weighted by atomic mass is 127. The summed E-state index contributed by atoms with van der Waals surface area (Å²) in [6.45, 7) is 0. The number of rotatable bonds is 3. The molecule has 0 aliphatic carbocycles. The van der Waals surface area contributed by atoms with E-state index in [9.17, 15) is 18.5 Å². The van der Waals surface area contributed by atoms with Gasteiger partial charge < -0.3 is 0 Å². The fourth-order valence-electron chi connectivity index (χ4n) is 0.930. The molecular formula is C7H7IN2O4S. The van der Waals surface area contributed by atoms with Gasteiger partial charge in [0, 0.05) is 6.07 Å². The highest BCUT2D eigenvalue weighted by Crippen LogP contribution is 2.24. The van der Waals surface area contributed by atoms with Crippen molar-refractivity contribution in [3.63, 3.8) is 0 Å². The van der Waals surface area contributed by atoms with Crippen molar-refractivity contribution in [3.8, 4) is 0 Å². The molecule has 15 heavy (non-hydrogen) atoms. The molecule has 8 heteroatoms. The molecule has 1 rings (SSSR count). The summed E-state index contributed by atoms with van der Waals surface area (Å²) in [4.78, 5) is 10.0. The molecule has 0 saturated carbocycles. The van der Waals surface area contributed by atoms with Gasteiger partial charge in [0.1, 0.15) is 0 Å². The number of anilines is 1. The van der Waals surface area contributed by atoms with Crippen molar-refractivity contribution in [2.24, 2.45) is 0 Å². The van der Waals surface area contributed by atoms with Gasteiger partial charge in [0.05, 0.1) is 20.4 Å². The van der Waals surface area contributed by atoms with E-state index in [0.717, 1.165) is 6.26 Å². The number of hydrogen-bond donors (Lipinski definition) is 1. The lowest BCUT2D eigenvalue weighted by molar-refractivity contribution is -0.385. The molecule has 1 N–H and O–H groups in total. The molecule has 0 atom stereocenters. The maximum atomic E-state index is 10.9. The molecule has 0 aliphatic rings. The Hall–Kier alpha value is -0.900. The number of benzene rings is 1. The second-order valence-electron chi connectivity index (χ2n) is 2.80. The molecule has 0 radical (unpaired) electrons. The summed E-state index contributed by atoms with van der Waals surface area (Å²) in [6, 6.07) is 4.13. The summed E-state index contributed by atoms with van der Waals surface area (Å²) in [7, 11) is -3.41. The topological polar surface area (TPSA) is 89.3 Å². The second-order valence-corrected chi connectivity index (χ2v) is 5.71. The monoisotopic (exact) mass is 342 g/mol. The van der Waals surface area contributed by atoms with E-state index >= 15 is 0 Å². The van der Waals surface area contributed by atoms with Crippen LogP contribution in [0.3, 0.4) is 0 Å². The van der Waals surface area contributed by atoms with Crippen LogP contribution in [-0.2, 0) is 10.0 Å². The molecule has 0 heterocycles. The Morgan fingerprint density at radius 2 is 2.07 bits per heavy atom. The zero-order valence-electron chi connectivity index (χ0n) is 7.60. The van der Waals surface area contributed by atoms with Crippen LogP contribution in [0.25, 0.3) is 0 Å². The first-order valence-electron chi connectivity index (χ1n) is 3.71. The lowest BCUT2D eigenvalue weighted by Gasteiger charge is -2.03. The average molecular weight is 342 g/mol. The maximum absolute atomic E-state index is 10.9. The van der Waals surface area contributed by atoms with E-state index in [0.29, 0.717) is 3.57 Å². The maximum Gasteiger partial charge on any atom is 0.284 e. The van der Waals surface area contributed by atoms with Crippen LogP contribution in [-0.4, -0.2) is 19.6 Å². The van der Waals surface area contributed by atoms with E-state index in [1.54, 1.807) is 0 Å². The minimum absolute atomic E-state index is 0.121. The molecule has 0 spiro atoms. The third kappa shape index (κ3) is 3.63. The predicted molar refractivity (Wildman–Crippen MR) is 64.3 cm³/mol. The van der Waals surface area contributed by atoms with Gasteiger partial charge in [0.15, 0.2) is 0 Å². The number of hydrogen-bond acceptors (Lipinski definition) is 4. The third-order valence-electron chi connectivity index (χ3n) is 1.45. The van der Waals surface area contributed by atoms with Crippen LogP contribution in [0.5, 0.6) is 0 Å². The highest BCUT2D eigenvalue weighted by Gasteiger charge is 2.13. The Kier molecular flexibility index (Phi) is 3.50. The molecule has 6 nitrogen and oxygen atoms in total. The first kappa shape index (κ1) is 12.2. The smallest absolute Gasteiger partial charge is 0.284 e. The number of halogens is 1. The number of nitrogens with zero attached hydrogens (tertiary/aromatic N) is 1. The van der Waals surface area contributed by atoms with Crippen LogP contribution in [0.15, 0.2) is 18.2 Å². The fourth-order valence-corrected chi connectivity index (χ4v) is 2.02. The van der Waals surface area contributed by atoms with Crippen molar-refractivity contribution in [2.75, 3.05) is 11.0 Å². The Balaban J connectivity index is 3.14. The quantitative estimate of drug-likeness (QED) is 0.513. The molecule has 1 aromatic rings. The highest BCUT2D eigenvalue weighted by molar-refractivity contribution is 14.1. The van der Waals surface area contributed by atoms with Crippen LogP contribution in [0.1, 0.15) is 0 Å².